The average Bonchev–Trinajstić information content (AvgIpc) is 3.36. The zero-order chi connectivity index (χ0) is 50.6. The third kappa shape index (κ3) is 57.9. The van der Waals surface area contributed by atoms with E-state index in [0.29, 0.717) is 19.4 Å². The van der Waals surface area contributed by atoms with Gasteiger partial charge in [-0.2, -0.15) is 0 Å². The molecule has 406 valence electrons. The van der Waals surface area contributed by atoms with Gasteiger partial charge in [0.05, 0.1) is 6.61 Å². The fourth-order valence-corrected chi connectivity index (χ4v) is 8.67. The lowest BCUT2D eigenvalue weighted by Gasteiger charge is -2.18. The van der Waals surface area contributed by atoms with Crippen molar-refractivity contribution in [3.8, 4) is 0 Å². The molecule has 0 spiro atoms. The number of carbonyl (C=O) groups is 2. The van der Waals surface area contributed by atoms with E-state index in [2.05, 4.69) is 93.7 Å². The van der Waals surface area contributed by atoms with Crippen LogP contribution in [0.5, 0.6) is 0 Å². The van der Waals surface area contributed by atoms with Crippen LogP contribution in [-0.2, 0) is 23.8 Å². The molecule has 0 aromatic rings. The van der Waals surface area contributed by atoms with Gasteiger partial charge in [-0.1, -0.05) is 254 Å². The number of hydrogen-bond donors (Lipinski definition) is 0. The summed E-state index contributed by atoms with van der Waals surface area (Å²) in [6.07, 6.45) is 79.3. The molecule has 5 nitrogen and oxygen atoms in total. The van der Waals surface area contributed by atoms with E-state index in [1.807, 2.05) is 0 Å². The number of hydrogen-bond acceptors (Lipinski definition) is 5. The molecule has 0 rings (SSSR count). The van der Waals surface area contributed by atoms with Crippen LogP contribution in [0.25, 0.3) is 0 Å². The standard InChI is InChI=1S/C65H116O5/c1-4-7-10-13-16-19-22-25-28-30-32-34-36-39-42-45-48-51-54-57-60-68-61-63(70-65(67)59-56-53-50-47-44-41-37-27-24-21-18-15-12-9-6-3)62-69-64(66)58-55-52-49-46-43-40-38-35-33-31-29-26-23-20-17-14-11-8-5-2/h8,11,17,20,25-29,33,35,37,63H,4-7,9-10,12-16,18-19,21-24,30-32,34,36,38-62H2,1-3H3/b11-8-,20-17-,28-25-,29-26-,35-33-,37-27-. The van der Waals surface area contributed by atoms with Gasteiger partial charge in [0.15, 0.2) is 6.10 Å². The second-order valence-corrected chi connectivity index (χ2v) is 20.2. The van der Waals surface area contributed by atoms with Crippen LogP contribution in [-0.4, -0.2) is 37.9 Å². The largest absolute Gasteiger partial charge is 0.462 e. The SMILES string of the molecule is CC/C=C\C/C=C\C/C=C\C/C=C\CCCCCCCCC(=O)OCC(COCCCCCCCCCCCC/C=C\CCCCCCCC)OC(=O)CCCCCCC/C=C\CCCCCCCC. The van der Waals surface area contributed by atoms with Gasteiger partial charge in [0.1, 0.15) is 6.61 Å². The highest BCUT2D eigenvalue weighted by Gasteiger charge is 2.17. The molecule has 5 heteroatoms. The van der Waals surface area contributed by atoms with Crippen molar-refractivity contribution < 1.29 is 23.8 Å². The predicted octanol–water partition coefficient (Wildman–Crippen LogP) is 21.0. The highest BCUT2D eigenvalue weighted by molar-refractivity contribution is 5.70. The maximum absolute atomic E-state index is 12.9. The van der Waals surface area contributed by atoms with Crippen LogP contribution in [0, 0.1) is 0 Å². The maximum Gasteiger partial charge on any atom is 0.306 e. The van der Waals surface area contributed by atoms with Crippen molar-refractivity contribution in [2.75, 3.05) is 19.8 Å². The van der Waals surface area contributed by atoms with Crippen molar-refractivity contribution in [1.29, 1.82) is 0 Å². The first-order valence-electron chi connectivity index (χ1n) is 30.5. The Morgan fingerprint density at radius 1 is 0.329 bits per heavy atom. The zero-order valence-electron chi connectivity index (χ0n) is 46.8. The average molecular weight is 978 g/mol. The molecule has 0 radical (unpaired) electrons. The smallest absolute Gasteiger partial charge is 0.306 e. The number of ether oxygens (including phenoxy) is 3. The highest BCUT2D eigenvalue weighted by atomic mass is 16.6. The van der Waals surface area contributed by atoms with Crippen molar-refractivity contribution in [2.45, 2.75) is 309 Å². The molecule has 0 saturated heterocycles. The van der Waals surface area contributed by atoms with E-state index in [1.54, 1.807) is 0 Å². The fourth-order valence-electron chi connectivity index (χ4n) is 8.67. The minimum absolute atomic E-state index is 0.0736. The summed E-state index contributed by atoms with van der Waals surface area (Å²) in [7, 11) is 0. The summed E-state index contributed by atoms with van der Waals surface area (Å²) in [5.74, 6) is -0.413. The molecular weight excluding hydrogens is 861 g/mol. The van der Waals surface area contributed by atoms with Crippen molar-refractivity contribution in [1.82, 2.24) is 0 Å². The second kappa shape index (κ2) is 60.6. The van der Waals surface area contributed by atoms with E-state index >= 15 is 0 Å². The molecule has 1 unspecified atom stereocenters. The van der Waals surface area contributed by atoms with Gasteiger partial charge in [-0.3, -0.25) is 9.59 Å². The number of esters is 2. The molecule has 0 amide bonds. The molecule has 0 bridgehead atoms. The molecule has 0 aliphatic heterocycles. The Labute approximate surface area is 436 Å². The topological polar surface area (TPSA) is 61.8 Å². The van der Waals surface area contributed by atoms with Crippen LogP contribution in [0.15, 0.2) is 72.9 Å². The molecular formula is C65H116O5. The zero-order valence-corrected chi connectivity index (χ0v) is 46.8. The first-order chi connectivity index (χ1) is 34.6. The minimum atomic E-state index is -0.550. The van der Waals surface area contributed by atoms with E-state index in [1.165, 1.54) is 180 Å². The Hall–Kier alpha value is -2.66. The molecule has 1 atom stereocenters. The number of unbranched alkanes of at least 4 members (excludes halogenated alkanes) is 33. The molecule has 0 heterocycles. The van der Waals surface area contributed by atoms with Crippen LogP contribution >= 0.6 is 0 Å². The molecule has 70 heavy (non-hydrogen) atoms. The summed E-state index contributed by atoms with van der Waals surface area (Å²) >= 11 is 0. The summed E-state index contributed by atoms with van der Waals surface area (Å²) in [5.41, 5.74) is 0. The monoisotopic (exact) mass is 977 g/mol. The summed E-state index contributed by atoms with van der Waals surface area (Å²) < 4.78 is 17.5. The fraction of sp³-hybridized carbons (Fsp3) is 0.785. The van der Waals surface area contributed by atoms with E-state index in [9.17, 15) is 9.59 Å². The number of carbonyl (C=O) groups excluding carboxylic acids is 2. The Kier molecular flexibility index (Phi) is 58.3. The molecule has 0 aliphatic carbocycles. The Bertz CT molecular complexity index is 1240. The molecule has 0 saturated carbocycles. The summed E-state index contributed by atoms with van der Waals surface area (Å²) in [6, 6.07) is 0. The Balaban J connectivity index is 4.29. The molecule has 0 aliphatic rings. The van der Waals surface area contributed by atoms with Crippen LogP contribution in [0.1, 0.15) is 303 Å². The molecule has 0 N–H and O–H groups in total. The van der Waals surface area contributed by atoms with Gasteiger partial charge in [-0.25, -0.2) is 0 Å². The summed E-state index contributed by atoms with van der Waals surface area (Å²) in [4.78, 5) is 25.6. The van der Waals surface area contributed by atoms with Gasteiger partial charge in [-0.05, 0) is 109 Å². The Morgan fingerprint density at radius 3 is 1.04 bits per heavy atom. The van der Waals surface area contributed by atoms with Crippen LogP contribution < -0.4 is 0 Å². The lowest BCUT2D eigenvalue weighted by Crippen LogP contribution is -2.30. The van der Waals surface area contributed by atoms with Crippen molar-refractivity contribution in [3.05, 3.63) is 72.9 Å². The molecule has 0 aromatic heterocycles. The minimum Gasteiger partial charge on any atom is -0.462 e. The van der Waals surface area contributed by atoms with Gasteiger partial charge < -0.3 is 14.2 Å². The van der Waals surface area contributed by atoms with Crippen molar-refractivity contribution in [3.63, 3.8) is 0 Å². The van der Waals surface area contributed by atoms with Crippen LogP contribution in [0.3, 0.4) is 0 Å². The lowest BCUT2D eigenvalue weighted by molar-refractivity contribution is -0.163. The number of rotatable bonds is 56. The normalized spacial score (nSPS) is 12.7. The quantitative estimate of drug-likeness (QED) is 0.0345. The first kappa shape index (κ1) is 67.3. The van der Waals surface area contributed by atoms with Gasteiger partial charge in [0.25, 0.3) is 0 Å². The van der Waals surface area contributed by atoms with Gasteiger partial charge in [0.2, 0.25) is 0 Å². The van der Waals surface area contributed by atoms with Gasteiger partial charge in [0, 0.05) is 19.4 Å². The van der Waals surface area contributed by atoms with E-state index < -0.39 is 6.10 Å². The third-order valence-corrected chi connectivity index (χ3v) is 13.2. The van der Waals surface area contributed by atoms with Gasteiger partial charge >= 0.3 is 11.9 Å². The predicted molar refractivity (Wildman–Crippen MR) is 307 cm³/mol. The van der Waals surface area contributed by atoms with Crippen LogP contribution in [0.4, 0.5) is 0 Å². The van der Waals surface area contributed by atoms with Crippen LogP contribution in [0.2, 0.25) is 0 Å². The third-order valence-electron chi connectivity index (χ3n) is 13.2. The van der Waals surface area contributed by atoms with Crippen molar-refractivity contribution in [2.24, 2.45) is 0 Å². The maximum atomic E-state index is 12.9. The van der Waals surface area contributed by atoms with E-state index in [-0.39, 0.29) is 25.2 Å². The first-order valence-corrected chi connectivity index (χ1v) is 30.5. The highest BCUT2D eigenvalue weighted by Crippen LogP contribution is 2.15. The van der Waals surface area contributed by atoms with E-state index in [0.717, 1.165) is 89.9 Å². The summed E-state index contributed by atoms with van der Waals surface area (Å²) in [5, 5.41) is 0. The molecule has 0 aromatic carbocycles. The van der Waals surface area contributed by atoms with E-state index in [4.69, 9.17) is 14.2 Å². The summed E-state index contributed by atoms with van der Waals surface area (Å²) in [6.45, 7) is 7.72. The second-order valence-electron chi connectivity index (χ2n) is 20.2. The van der Waals surface area contributed by atoms with Crippen molar-refractivity contribution >= 4 is 11.9 Å². The number of allylic oxidation sites excluding steroid dienone is 12. The molecule has 0 fully saturated rings. The van der Waals surface area contributed by atoms with Gasteiger partial charge in [-0.15, -0.1) is 0 Å². The Morgan fingerprint density at radius 2 is 0.643 bits per heavy atom. The lowest BCUT2D eigenvalue weighted by atomic mass is 10.1.